The van der Waals surface area contributed by atoms with Gasteiger partial charge in [0, 0.05) is 6.04 Å². The molecule has 1 unspecified atom stereocenters. The smallest absolute Gasteiger partial charge is 0.0931 e. The Morgan fingerprint density at radius 1 is 1.35 bits per heavy atom. The van der Waals surface area contributed by atoms with Crippen molar-refractivity contribution in [1.82, 2.24) is 20.6 Å². The van der Waals surface area contributed by atoms with Gasteiger partial charge in [0.05, 0.1) is 17.4 Å². The minimum atomic E-state index is 0.413. The molecular formula is C13H20N4. The van der Waals surface area contributed by atoms with Crippen molar-refractivity contribution < 1.29 is 0 Å². The number of imidazole rings is 1. The van der Waals surface area contributed by atoms with Crippen molar-refractivity contribution >= 4 is 11.0 Å². The fourth-order valence-electron chi connectivity index (χ4n) is 2.13. The van der Waals surface area contributed by atoms with Gasteiger partial charge >= 0.3 is 0 Å². The molecule has 3 N–H and O–H groups in total. The molecule has 0 fully saturated rings. The Balaban J connectivity index is 2.11. The maximum absolute atomic E-state index is 4.23. The van der Waals surface area contributed by atoms with Gasteiger partial charge < -0.3 is 15.6 Å². The van der Waals surface area contributed by atoms with Gasteiger partial charge in [-0.3, -0.25) is 0 Å². The Morgan fingerprint density at radius 3 is 3.00 bits per heavy atom. The van der Waals surface area contributed by atoms with Gasteiger partial charge in [-0.15, -0.1) is 0 Å². The van der Waals surface area contributed by atoms with Crippen LogP contribution in [0.25, 0.3) is 11.0 Å². The molecule has 0 saturated heterocycles. The normalized spacial score (nSPS) is 13.1. The molecule has 1 aromatic heterocycles. The van der Waals surface area contributed by atoms with Gasteiger partial charge in [0.15, 0.2) is 0 Å². The van der Waals surface area contributed by atoms with Crippen LogP contribution in [0.15, 0.2) is 24.5 Å². The number of fused-ring (bicyclic) bond motifs is 1. The average molecular weight is 232 g/mol. The second-order valence-electron chi connectivity index (χ2n) is 4.27. The molecule has 0 bridgehead atoms. The van der Waals surface area contributed by atoms with Crippen LogP contribution in [0.1, 0.15) is 24.4 Å². The number of benzene rings is 1. The number of hydrogen-bond acceptors (Lipinski definition) is 3. The minimum Gasteiger partial charge on any atom is -0.345 e. The average Bonchev–Trinajstić information content (AvgIpc) is 2.82. The Labute approximate surface area is 102 Å². The van der Waals surface area contributed by atoms with Crippen LogP contribution < -0.4 is 10.6 Å². The maximum Gasteiger partial charge on any atom is 0.0931 e. The summed E-state index contributed by atoms with van der Waals surface area (Å²) in [4.78, 5) is 7.39. The van der Waals surface area contributed by atoms with Crippen LogP contribution in [0, 0.1) is 0 Å². The first-order valence-electron chi connectivity index (χ1n) is 6.10. The summed E-state index contributed by atoms with van der Waals surface area (Å²) in [5.74, 6) is 0. The van der Waals surface area contributed by atoms with E-state index in [2.05, 4.69) is 38.8 Å². The molecule has 4 heteroatoms. The first-order valence-corrected chi connectivity index (χ1v) is 6.10. The van der Waals surface area contributed by atoms with Crippen LogP contribution in [0.4, 0.5) is 0 Å². The summed E-state index contributed by atoms with van der Waals surface area (Å²) < 4.78 is 0. The van der Waals surface area contributed by atoms with Crippen molar-refractivity contribution in [3.8, 4) is 0 Å². The Bertz CT molecular complexity index is 463. The lowest BCUT2D eigenvalue weighted by atomic mass is 10.0. The van der Waals surface area contributed by atoms with E-state index in [0.29, 0.717) is 6.04 Å². The van der Waals surface area contributed by atoms with E-state index in [1.54, 1.807) is 6.33 Å². The molecule has 0 amide bonds. The topological polar surface area (TPSA) is 52.7 Å². The van der Waals surface area contributed by atoms with E-state index in [4.69, 9.17) is 0 Å². The SMILES string of the molecule is CNCCCC(NC)c1ccc2nc[nH]c2c1. The molecule has 0 aliphatic rings. The van der Waals surface area contributed by atoms with Crippen molar-refractivity contribution in [1.29, 1.82) is 0 Å². The third-order valence-corrected chi connectivity index (χ3v) is 3.11. The zero-order valence-corrected chi connectivity index (χ0v) is 10.5. The van der Waals surface area contributed by atoms with E-state index < -0.39 is 0 Å². The molecule has 2 aromatic rings. The second-order valence-corrected chi connectivity index (χ2v) is 4.27. The zero-order valence-electron chi connectivity index (χ0n) is 10.5. The molecule has 92 valence electrons. The highest BCUT2D eigenvalue weighted by Gasteiger charge is 2.09. The Hall–Kier alpha value is -1.39. The summed E-state index contributed by atoms with van der Waals surface area (Å²) in [6, 6.07) is 6.83. The van der Waals surface area contributed by atoms with Crippen molar-refractivity contribution in [3.63, 3.8) is 0 Å². The lowest BCUT2D eigenvalue weighted by Crippen LogP contribution is -2.18. The number of nitrogens with zero attached hydrogens (tertiary/aromatic N) is 1. The van der Waals surface area contributed by atoms with Gasteiger partial charge in [0.1, 0.15) is 0 Å². The van der Waals surface area contributed by atoms with E-state index in [-0.39, 0.29) is 0 Å². The molecule has 1 atom stereocenters. The first-order chi connectivity index (χ1) is 8.35. The molecule has 4 nitrogen and oxygen atoms in total. The quantitative estimate of drug-likeness (QED) is 0.666. The zero-order chi connectivity index (χ0) is 12.1. The van der Waals surface area contributed by atoms with Crippen LogP contribution in [0.3, 0.4) is 0 Å². The van der Waals surface area contributed by atoms with E-state index >= 15 is 0 Å². The molecule has 0 aliphatic carbocycles. The fraction of sp³-hybridized carbons (Fsp3) is 0.462. The van der Waals surface area contributed by atoms with Gasteiger partial charge in [-0.1, -0.05) is 6.07 Å². The predicted octanol–water partition coefficient (Wildman–Crippen LogP) is 1.82. The minimum absolute atomic E-state index is 0.413. The number of H-pyrrole nitrogens is 1. The number of aromatic amines is 1. The summed E-state index contributed by atoms with van der Waals surface area (Å²) in [6.07, 6.45) is 4.05. The standard InChI is InChI=1S/C13H20N4/c1-14-7-3-4-11(15-2)10-5-6-12-13(8-10)17-9-16-12/h5-6,8-9,11,14-15H,3-4,7H2,1-2H3,(H,16,17). The first kappa shape index (κ1) is 12.1. The van der Waals surface area contributed by atoms with E-state index in [1.807, 2.05) is 14.1 Å². The molecule has 0 spiro atoms. The van der Waals surface area contributed by atoms with E-state index in [0.717, 1.165) is 24.0 Å². The number of rotatable bonds is 6. The Kier molecular flexibility index (Phi) is 4.12. The van der Waals surface area contributed by atoms with Gasteiger partial charge in [-0.2, -0.15) is 0 Å². The predicted molar refractivity (Wildman–Crippen MR) is 71.1 cm³/mol. The molecule has 0 saturated carbocycles. The highest BCUT2D eigenvalue weighted by molar-refractivity contribution is 5.75. The van der Waals surface area contributed by atoms with Gasteiger partial charge in [-0.05, 0) is 51.2 Å². The van der Waals surface area contributed by atoms with Crippen molar-refractivity contribution in [2.75, 3.05) is 20.6 Å². The van der Waals surface area contributed by atoms with Crippen LogP contribution >= 0.6 is 0 Å². The van der Waals surface area contributed by atoms with Crippen molar-refractivity contribution in [2.24, 2.45) is 0 Å². The third kappa shape index (κ3) is 2.84. The Morgan fingerprint density at radius 2 is 2.24 bits per heavy atom. The third-order valence-electron chi connectivity index (χ3n) is 3.11. The maximum atomic E-state index is 4.23. The lowest BCUT2D eigenvalue weighted by molar-refractivity contribution is 0.519. The van der Waals surface area contributed by atoms with E-state index in [9.17, 15) is 0 Å². The summed E-state index contributed by atoms with van der Waals surface area (Å²) in [5.41, 5.74) is 3.45. The second kappa shape index (κ2) is 5.80. The highest BCUT2D eigenvalue weighted by Crippen LogP contribution is 2.21. The summed E-state index contributed by atoms with van der Waals surface area (Å²) in [5, 5.41) is 6.55. The largest absolute Gasteiger partial charge is 0.345 e. The molecule has 1 aromatic carbocycles. The molecule has 0 aliphatic heterocycles. The van der Waals surface area contributed by atoms with Crippen molar-refractivity contribution in [3.05, 3.63) is 30.1 Å². The molecule has 1 heterocycles. The summed E-state index contributed by atoms with van der Waals surface area (Å²) in [7, 11) is 4.01. The van der Waals surface area contributed by atoms with Gasteiger partial charge in [0.25, 0.3) is 0 Å². The molecule has 2 rings (SSSR count). The van der Waals surface area contributed by atoms with Crippen LogP contribution in [0.2, 0.25) is 0 Å². The summed E-state index contributed by atoms with van der Waals surface area (Å²) >= 11 is 0. The number of aromatic nitrogens is 2. The van der Waals surface area contributed by atoms with Crippen LogP contribution in [-0.4, -0.2) is 30.6 Å². The number of nitrogens with one attached hydrogen (secondary N) is 3. The molecular weight excluding hydrogens is 212 g/mol. The van der Waals surface area contributed by atoms with Gasteiger partial charge in [0.2, 0.25) is 0 Å². The fourth-order valence-corrected chi connectivity index (χ4v) is 2.13. The monoisotopic (exact) mass is 232 g/mol. The van der Waals surface area contributed by atoms with E-state index in [1.165, 1.54) is 12.0 Å². The lowest BCUT2D eigenvalue weighted by Gasteiger charge is -2.16. The van der Waals surface area contributed by atoms with Crippen molar-refractivity contribution in [2.45, 2.75) is 18.9 Å². The van der Waals surface area contributed by atoms with Crippen LogP contribution in [0.5, 0.6) is 0 Å². The highest BCUT2D eigenvalue weighted by atomic mass is 14.9. The van der Waals surface area contributed by atoms with Gasteiger partial charge in [-0.25, -0.2) is 4.98 Å². The molecule has 0 radical (unpaired) electrons. The summed E-state index contributed by atoms with van der Waals surface area (Å²) in [6.45, 7) is 1.06. The van der Waals surface area contributed by atoms with Crippen LogP contribution in [-0.2, 0) is 0 Å². The molecule has 17 heavy (non-hydrogen) atoms. The number of hydrogen-bond donors (Lipinski definition) is 3.